The van der Waals surface area contributed by atoms with E-state index >= 15 is 0 Å². The topological polar surface area (TPSA) is 87.7 Å². The maximum Gasteiger partial charge on any atom is 0.426 e. The molecule has 0 saturated heterocycles. The number of hydrazine groups is 1. The highest BCUT2D eigenvalue weighted by Gasteiger charge is 2.13. The van der Waals surface area contributed by atoms with Crippen molar-refractivity contribution in [1.82, 2.24) is 10.9 Å². The largest absolute Gasteiger partial charge is 0.507 e. The second-order valence-corrected chi connectivity index (χ2v) is 5.07. The number of phenols is 1. The highest BCUT2D eigenvalue weighted by Crippen LogP contribution is 2.20. The third-order valence-corrected chi connectivity index (χ3v) is 3.27. The number of carbonyl (C=O) groups excluding carboxylic acids is 2. The van der Waals surface area contributed by atoms with Crippen molar-refractivity contribution in [3.63, 3.8) is 0 Å². The van der Waals surface area contributed by atoms with Crippen LogP contribution in [-0.4, -0.2) is 23.7 Å². The summed E-state index contributed by atoms with van der Waals surface area (Å²) in [6, 6.07) is 10.7. The lowest BCUT2D eigenvalue weighted by atomic mass is 10.1. The Hall–Kier alpha value is -3.09. The fourth-order valence-corrected chi connectivity index (χ4v) is 2.01. The molecule has 2 amide bonds. The molecule has 6 nitrogen and oxygen atoms in total. The van der Waals surface area contributed by atoms with Crippen LogP contribution < -0.4 is 10.9 Å². The van der Waals surface area contributed by atoms with Gasteiger partial charge in [0.15, 0.2) is 0 Å². The quantitative estimate of drug-likeness (QED) is 0.751. The number of aryl methyl sites for hydroxylation is 1. The summed E-state index contributed by atoms with van der Waals surface area (Å²) >= 11 is 0. The molecule has 0 atom stereocenters. The molecule has 0 heterocycles. The molecule has 0 fully saturated rings. The Morgan fingerprint density at radius 1 is 1.17 bits per heavy atom. The Balaban J connectivity index is 1.76. The van der Waals surface area contributed by atoms with Gasteiger partial charge in [-0.1, -0.05) is 24.3 Å². The van der Waals surface area contributed by atoms with Crippen LogP contribution in [0.1, 0.15) is 21.5 Å². The highest BCUT2D eigenvalue weighted by molar-refractivity contribution is 5.97. The van der Waals surface area contributed by atoms with Crippen LogP contribution in [0.25, 0.3) is 0 Å². The van der Waals surface area contributed by atoms with E-state index in [9.17, 15) is 19.1 Å². The number of ether oxygens (including phenoxy) is 1. The summed E-state index contributed by atoms with van der Waals surface area (Å²) in [5.74, 6) is -1.18. The van der Waals surface area contributed by atoms with Crippen LogP contribution in [0.4, 0.5) is 9.18 Å². The zero-order valence-electron chi connectivity index (χ0n) is 13.0. The highest BCUT2D eigenvalue weighted by atomic mass is 19.1. The number of carbonyl (C=O) groups is 2. The zero-order valence-corrected chi connectivity index (χ0v) is 13.0. The Labute approximate surface area is 138 Å². The molecule has 2 aromatic carbocycles. The maximum atomic E-state index is 13.0. The summed E-state index contributed by atoms with van der Waals surface area (Å²) in [5.41, 5.74) is 5.49. The van der Waals surface area contributed by atoms with Crippen LogP contribution in [0.5, 0.6) is 5.75 Å². The molecule has 0 saturated carbocycles. The van der Waals surface area contributed by atoms with E-state index < -0.39 is 12.0 Å². The summed E-state index contributed by atoms with van der Waals surface area (Å²) < 4.78 is 17.9. The van der Waals surface area contributed by atoms with Gasteiger partial charge < -0.3 is 9.84 Å². The summed E-state index contributed by atoms with van der Waals surface area (Å²) in [6.07, 6.45) is -0.510. The Bertz CT molecular complexity index is 749. The molecule has 24 heavy (non-hydrogen) atoms. The van der Waals surface area contributed by atoms with Gasteiger partial charge in [-0.05, 0) is 36.2 Å². The molecule has 0 bridgehead atoms. The summed E-state index contributed by atoms with van der Waals surface area (Å²) in [6.45, 7) is 1.68. The van der Waals surface area contributed by atoms with Crippen LogP contribution in [0.15, 0.2) is 42.5 Å². The molecule has 0 aliphatic heterocycles. The minimum absolute atomic E-state index is 0.0286. The Kier molecular flexibility index (Phi) is 5.73. The lowest BCUT2D eigenvalue weighted by molar-refractivity contribution is 0.0907. The molecule has 3 N–H and O–H groups in total. The van der Waals surface area contributed by atoms with Crippen LogP contribution in [0.2, 0.25) is 0 Å². The second-order valence-electron chi connectivity index (χ2n) is 5.07. The van der Waals surface area contributed by atoms with E-state index in [4.69, 9.17) is 4.74 Å². The van der Waals surface area contributed by atoms with Crippen molar-refractivity contribution < 1.29 is 23.8 Å². The predicted octanol–water partition coefficient (Wildman–Crippen LogP) is 2.45. The molecule has 0 aromatic heterocycles. The molecule has 0 aliphatic rings. The fraction of sp³-hybridized carbons (Fsp3) is 0.176. The van der Waals surface area contributed by atoms with E-state index in [2.05, 4.69) is 10.9 Å². The summed E-state index contributed by atoms with van der Waals surface area (Å²) in [7, 11) is 0. The van der Waals surface area contributed by atoms with E-state index in [-0.39, 0.29) is 23.7 Å². The summed E-state index contributed by atoms with van der Waals surface area (Å²) in [4.78, 5) is 23.4. The van der Waals surface area contributed by atoms with E-state index in [0.29, 0.717) is 17.5 Å². The lowest BCUT2D eigenvalue weighted by Gasteiger charge is -2.10. The zero-order chi connectivity index (χ0) is 17.5. The van der Waals surface area contributed by atoms with Gasteiger partial charge in [0, 0.05) is 6.42 Å². The van der Waals surface area contributed by atoms with Gasteiger partial charge in [0.05, 0.1) is 12.2 Å². The van der Waals surface area contributed by atoms with E-state index in [1.807, 2.05) is 0 Å². The smallest absolute Gasteiger partial charge is 0.426 e. The van der Waals surface area contributed by atoms with Crippen LogP contribution in [0, 0.1) is 12.7 Å². The molecule has 2 aromatic rings. The van der Waals surface area contributed by atoms with Gasteiger partial charge in [-0.2, -0.15) is 0 Å². The number of amides is 2. The van der Waals surface area contributed by atoms with Gasteiger partial charge in [-0.25, -0.2) is 14.6 Å². The molecule has 0 spiro atoms. The molecule has 7 heteroatoms. The molecule has 126 valence electrons. The van der Waals surface area contributed by atoms with Gasteiger partial charge in [0.1, 0.15) is 11.6 Å². The third kappa shape index (κ3) is 4.70. The minimum atomic E-state index is -0.855. The average Bonchev–Trinajstić information content (AvgIpc) is 2.55. The van der Waals surface area contributed by atoms with Crippen LogP contribution in [-0.2, 0) is 11.2 Å². The van der Waals surface area contributed by atoms with Gasteiger partial charge in [-0.15, -0.1) is 0 Å². The van der Waals surface area contributed by atoms with Crippen molar-refractivity contribution in [3.05, 3.63) is 65.0 Å². The molecule has 2 rings (SSSR count). The van der Waals surface area contributed by atoms with Crippen molar-refractivity contribution in [1.29, 1.82) is 0 Å². The number of para-hydroxylation sites is 1. The third-order valence-electron chi connectivity index (χ3n) is 3.27. The number of halogens is 1. The predicted molar refractivity (Wildman–Crippen MR) is 84.9 cm³/mol. The molecule has 0 radical (unpaired) electrons. The van der Waals surface area contributed by atoms with Crippen molar-refractivity contribution >= 4 is 12.0 Å². The first-order chi connectivity index (χ1) is 11.5. The number of nitrogens with one attached hydrogen (secondary N) is 2. The molecular weight excluding hydrogens is 315 g/mol. The first-order valence-corrected chi connectivity index (χ1v) is 7.23. The summed E-state index contributed by atoms with van der Waals surface area (Å²) in [5, 5.41) is 9.79. The molecular formula is C17H17FN2O4. The lowest BCUT2D eigenvalue weighted by Crippen LogP contribution is -2.42. The number of hydrogen-bond acceptors (Lipinski definition) is 4. The van der Waals surface area contributed by atoms with Gasteiger partial charge in [0.25, 0.3) is 5.91 Å². The minimum Gasteiger partial charge on any atom is -0.507 e. The van der Waals surface area contributed by atoms with Crippen LogP contribution >= 0.6 is 0 Å². The SMILES string of the molecule is Cc1cccc(C(=O)NNC(=O)OCCc2cccc(F)c2)c1O. The normalized spacial score (nSPS) is 10.1. The number of phenolic OH excluding ortho intramolecular Hbond substituents is 1. The first kappa shape index (κ1) is 17.3. The Morgan fingerprint density at radius 2 is 1.92 bits per heavy atom. The fourth-order valence-electron chi connectivity index (χ4n) is 2.01. The number of rotatable bonds is 4. The van der Waals surface area contributed by atoms with E-state index in [0.717, 1.165) is 0 Å². The van der Waals surface area contributed by atoms with Gasteiger partial charge in [0.2, 0.25) is 0 Å². The van der Waals surface area contributed by atoms with Crippen LogP contribution in [0.3, 0.4) is 0 Å². The van der Waals surface area contributed by atoms with Crippen molar-refractivity contribution in [2.75, 3.05) is 6.61 Å². The Morgan fingerprint density at radius 3 is 2.67 bits per heavy atom. The molecule has 0 unspecified atom stereocenters. The number of benzene rings is 2. The van der Waals surface area contributed by atoms with E-state index in [1.165, 1.54) is 18.2 Å². The average molecular weight is 332 g/mol. The second kappa shape index (κ2) is 7.96. The van der Waals surface area contributed by atoms with Crippen molar-refractivity contribution in [2.45, 2.75) is 13.3 Å². The maximum absolute atomic E-state index is 13.0. The van der Waals surface area contributed by atoms with Crippen molar-refractivity contribution in [3.8, 4) is 5.75 Å². The standard InChI is InChI=1S/C17H17FN2O4/c1-11-4-2-7-14(15(11)21)16(22)19-20-17(23)24-9-8-12-5-3-6-13(18)10-12/h2-7,10,21H,8-9H2,1H3,(H,19,22)(H,20,23). The number of hydrogen-bond donors (Lipinski definition) is 3. The van der Waals surface area contributed by atoms with Crippen molar-refractivity contribution in [2.24, 2.45) is 0 Å². The first-order valence-electron chi connectivity index (χ1n) is 7.23. The molecule has 0 aliphatic carbocycles. The monoisotopic (exact) mass is 332 g/mol. The number of aromatic hydroxyl groups is 1. The van der Waals surface area contributed by atoms with Gasteiger partial charge in [-0.3, -0.25) is 10.2 Å². The van der Waals surface area contributed by atoms with Gasteiger partial charge >= 0.3 is 6.09 Å². The van der Waals surface area contributed by atoms with E-state index in [1.54, 1.807) is 31.2 Å².